The standard InChI is InChI=1S/C12H16N2O/c1-4-15-9-5-11-10(7-13-8-14-11)12(2,3)6-9/h5,7-8H,4,6H2,1-3H3. The summed E-state index contributed by atoms with van der Waals surface area (Å²) in [4.78, 5) is 8.36. The first-order valence-electron chi connectivity index (χ1n) is 5.27. The molecule has 0 bridgehead atoms. The van der Waals surface area contributed by atoms with Crippen molar-refractivity contribution >= 4 is 6.08 Å². The van der Waals surface area contributed by atoms with Crippen LogP contribution in [0.4, 0.5) is 0 Å². The molecule has 0 aliphatic heterocycles. The summed E-state index contributed by atoms with van der Waals surface area (Å²) in [5.41, 5.74) is 2.26. The summed E-state index contributed by atoms with van der Waals surface area (Å²) in [6, 6.07) is 0. The minimum Gasteiger partial charge on any atom is -0.498 e. The van der Waals surface area contributed by atoms with Gasteiger partial charge in [-0.2, -0.15) is 0 Å². The van der Waals surface area contributed by atoms with E-state index in [-0.39, 0.29) is 5.41 Å². The van der Waals surface area contributed by atoms with E-state index in [9.17, 15) is 0 Å². The van der Waals surface area contributed by atoms with E-state index in [1.54, 1.807) is 6.33 Å². The fourth-order valence-corrected chi connectivity index (χ4v) is 1.99. The fourth-order valence-electron chi connectivity index (χ4n) is 1.99. The normalized spacial score (nSPS) is 17.9. The number of ether oxygens (including phenoxy) is 1. The molecule has 2 rings (SSSR count). The molecule has 1 heterocycles. The van der Waals surface area contributed by atoms with Gasteiger partial charge in [-0.15, -0.1) is 0 Å². The van der Waals surface area contributed by atoms with Crippen LogP contribution in [0.15, 0.2) is 18.3 Å². The number of rotatable bonds is 2. The quantitative estimate of drug-likeness (QED) is 0.742. The molecule has 80 valence electrons. The molecule has 15 heavy (non-hydrogen) atoms. The maximum Gasteiger partial charge on any atom is 0.116 e. The summed E-state index contributed by atoms with van der Waals surface area (Å²) in [5, 5.41) is 0. The second kappa shape index (κ2) is 3.65. The van der Waals surface area contributed by atoms with Crippen LogP contribution in [0.25, 0.3) is 6.08 Å². The van der Waals surface area contributed by atoms with Crippen LogP contribution in [0.1, 0.15) is 38.4 Å². The van der Waals surface area contributed by atoms with E-state index in [1.807, 2.05) is 19.2 Å². The van der Waals surface area contributed by atoms with Crippen molar-refractivity contribution in [2.24, 2.45) is 0 Å². The van der Waals surface area contributed by atoms with Gasteiger partial charge in [0.1, 0.15) is 6.33 Å². The Bertz CT molecular complexity index is 396. The van der Waals surface area contributed by atoms with Crippen LogP contribution in [0.3, 0.4) is 0 Å². The molecule has 3 heteroatoms. The highest BCUT2D eigenvalue weighted by Crippen LogP contribution is 2.37. The molecule has 1 aliphatic rings. The Morgan fingerprint density at radius 3 is 3.00 bits per heavy atom. The SMILES string of the molecule is CCOC1=Cc2ncncc2C(C)(C)C1. The molecule has 0 aromatic carbocycles. The van der Waals surface area contributed by atoms with Gasteiger partial charge in [-0.1, -0.05) is 13.8 Å². The van der Waals surface area contributed by atoms with Gasteiger partial charge in [-0.05, 0) is 6.92 Å². The summed E-state index contributed by atoms with van der Waals surface area (Å²) in [6.45, 7) is 7.11. The fraction of sp³-hybridized carbons (Fsp3) is 0.500. The molecule has 0 spiro atoms. The van der Waals surface area contributed by atoms with Gasteiger partial charge in [0, 0.05) is 29.7 Å². The molecule has 0 atom stereocenters. The number of hydrogen-bond donors (Lipinski definition) is 0. The Hall–Kier alpha value is -1.38. The van der Waals surface area contributed by atoms with Crippen molar-refractivity contribution in [3.05, 3.63) is 29.5 Å². The second-order valence-electron chi connectivity index (χ2n) is 4.43. The lowest BCUT2D eigenvalue weighted by Gasteiger charge is -2.30. The average Bonchev–Trinajstić information content (AvgIpc) is 2.17. The summed E-state index contributed by atoms with van der Waals surface area (Å²) in [5.74, 6) is 1.02. The Morgan fingerprint density at radius 2 is 2.27 bits per heavy atom. The molecule has 0 saturated carbocycles. The summed E-state index contributed by atoms with van der Waals surface area (Å²) in [6.07, 6.45) is 6.43. The van der Waals surface area contributed by atoms with Crippen LogP contribution < -0.4 is 0 Å². The third-order valence-electron chi connectivity index (χ3n) is 2.72. The zero-order valence-electron chi connectivity index (χ0n) is 9.45. The van der Waals surface area contributed by atoms with E-state index in [2.05, 4.69) is 23.8 Å². The Balaban J connectivity index is 2.44. The second-order valence-corrected chi connectivity index (χ2v) is 4.43. The molecule has 0 radical (unpaired) electrons. The third kappa shape index (κ3) is 1.87. The first kappa shape index (κ1) is 10.1. The molecule has 3 nitrogen and oxygen atoms in total. The molecular formula is C12H16N2O. The van der Waals surface area contributed by atoms with Crippen LogP contribution in [0.5, 0.6) is 0 Å². The predicted molar refractivity (Wildman–Crippen MR) is 59.3 cm³/mol. The Labute approximate surface area is 90.2 Å². The van der Waals surface area contributed by atoms with Crippen LogP contribution in [-0.2, 0) is 10.2 Å². The first-order valence-corrected chi connectivity index (χ1v) is 5.27. The number of hydrogen-bond acceptors (Lipinski definition) is 3. The number of nitrogens with zero attached hydrogens (tertiary/aromatic N) is 2. The minimum absolute atomic E-state index is 0.0653. The Kier molecular flexibility index (Phi) is 2.47. The van der Waals surface area contributed by atoms with Crippen molar-refractivity contribution in [1.82, 2.24) is 9.97 Å². The first-order chi connectivity index (χ1) is 7.13. The highest BCUT2D eigenvalue weighted by Gasteiger charge is 2.30. The zero-order valence-corrected chi connectivity index (χ0v) is 9.45. The highest BCUT2D eigenvalue weighted by atomic mass is 16.5. The molecule has 0 N–H and O–H groups in total. The number of allylic oxidation sites excluding steroid dienone is 1. The van der Waals surface area contributed by atoms with Gasteiger partial charge in [-0.3, -0.25) is 0 Å². The molecule has 0 saturated heterocycles. The molecule has 0 amide bonds. The van der Waals surface area contributed by atoms with Crippen LogP contribution in [0.2, 0.25) is 0 Å². The predicted octanol–water partition coefficient (Wildman–Crippen LogP) is 2.54. The lowest BCUT2D eigenvalue weighted by molar-refractivity contribution is 0.205. The highest BCUT2D eigenvalue weighted by molar-refractivity contribution is 5.56. The average molecular weight is 204 g/mol. The largest absolute Gasteiger partial charge is 0.498 e. The van der Waals surface area contributed by atoms with Gasteiger partial charge in [0.05, 0.1) is 18.1 Å². The molecule has 1 aromatic heterocycles. The molecule has 1 aliphatic carbocycles. The van der Waals surface area contributed by atoms with E-state index >= 15 is 0 Å². The lowest BCUT2D eigenvalue weighted by Crippen LogP contribution is -2.24. The van der Waals surface area contributed by atoms with Crippen LogP contribution in [-0.4, -0.2) is 16.6 Å². The van der Waals surface area contributed by atoms with E-state index in [0.29, 0.717) is 6.61 Å². The summed E-state index contributed by atoms with van der Waals surface area (Å²) >= 11 is 0. The van der Waals surface area contributed by atoms with Gasteiger partial charge in [-0.25, -0.2) is 9.97 Å². The van der Waals surface area contributed by atoms with Gasteiger partial charge in [0.2, 0.25) is 0 Å². The summed E-state index contributed by atoms with van der Waals surface area (Å²) < 4.78 is 5.58. The topological polar surface area (TPSA) is 35.0 Å². The number of fused-ring (bicyclic) bond motifs is 1. The van der Waals surface area contributed by atoms with Gasteiger partial charge in [0.25, 0.3) is 0 Å². The molecule has 0 fully saturated rings. The third-order valence-corrected chi connectivity index (χ3v) is 2.72. The zero-order chi connectivity index (χ0) is 10.9. The Morgan fingerprint density at radius 1 is 1.47 bits per heavy atom. The lowest BCUT2D eigenvalue weighted by atomic mass is 9.77. The van der Waals surface area contributed by atoms with Crippen LogP contribution >= 0.6 is 0 Å². The minimum atomic E-state index is 0.0653. The van der Waals surface area contributed by atoms with Crippen molar-refractivity contribution in [3.63, 3.8) is 0 Å². The maximum atomic E-state index is 5.58. The van der Waals surface area contributed by atoms with Crippen LogP contribution in [0, 0.1) is 0 Å². The molecule has 0 unspecified atom stereocenters. The van der Waals surface area contributed by atoms with E-state index < -0.39 is 0 Å². The number of aromatic nitrogens is 2. The smallest absolute Gasteiger partial charge is 0.116 e. The molecular weight excluding hydrogens is 188 g/mol. The maximum absolute atomic E-state index is 5.58. The van der Waals surface area contributed by atoms with Crippen molar-refractivity contribution in [2.75, 3.05) is 6.61 Å². The summed E-state index contributed by atoms with van der Waals surface area (Å²) in [7, 11) is 0. The van der Waals surface area contributed by atoms with Crippen molar-refractivity contribution in [1.29, 1.82) is 0 Å². The van der Waals surface area contributed by atoms with E-state index in [1.165, 1.54) is 5.56 Å². The van der Waals surface area contributed by atoms with Crippen molar-refractivity contribution in [2.45, 2.75) is 32.6 Å². The van der Waals surface area contributed by atoms with Gasteiger partial charge >= 0.3 is 0 Å². The molecule has 1 aromatic rings. The van der Waals surface area contributed by atoms with Gasteiger partial charge in [0.15, 0.2) is 0 Å². The monoisotopic (exact) mass is 204 g/mol. The van der Waals surface area contributed by atoms with E-state index in [0.717, 1.165) is 17.9 Å². The van der Waals surface area contributed by atoms with Crippen molar-refractivity contribution in [3.8, 4) is 0 Å². The van der Waals surface area contributed by atoms with Gasteiger partial charge < -0.3 is 4.74 Å². The van der Waals surface area contributed by atoms with E-state index in [4.69, 9.17) is 4.74 Å². The van der Waals surface area contributed by atoms with Crippen molar-refractivity contribution < 1.29 is 4.74 Å².